The van der Waals surface area contributed by atoms with E-state index in [9.17, 15) is 0 Å². The topological polar surface area (TPSA) is 27.1 Å². The molecule has 0 atom stereocenters. The number of hydrogen-bond acceptors (Lipinski definition) is 2. The average Bonchev–Trinajstić information content (AvgIpc) is 3.06. The molecule has 1 heterocycles. The van der Waals surface area contributed by atoms with Crippen LogP contribution in [0, 0.1) is 0 Å². The van der Waals surface area contributed by atoms with Gasteiger partial charge in [0.25, 0.3) is 0 Å². The minimum atomic E-state index is 0.544. The summed E-state index contributed by atoms with van der Waals surface area (Å²) in [6, 6.07) is 26.4. The van der Waals surface area contributed by atoms with E-state index in [0.717, 1.165) is 42.0 Å². The Bertz CT molecular complexity index is 1030. The number of ether oxygens (including phenoxy) is 1. The zero-order chi connectivity index (χ0) is 18.5. The van der Waals surface area contributed by atoms with Gasteiger partial charge in [0.2, 0.25) is 0 Å². The van der Waals surface area contributed by atoms with Crippen LogP contribution in [-0.4, -0.2) is 16.2 Å². The number of hydrogen-bond donors (Lipinski definition) is 0. The zero-order valence-corrected chi connectivity index (χ0v) is 15.8. The van der Waals surface area contributed by atoms with E-state index in [-0.39, 0.29) is 0 Å². The van der Waals surface area contributed by atoms with Crippen molar-refractivity contribution in [3.8, 4) is 5.75 Å². The second kappa shape index (κ2) is 8.28. The highest BCUT2D eigenvalue weighted by atomic mass is 35.5. The van der Waals surface area contributed by atoms with Crippen LogP contribution in [0.1, 0.15) is 11.4 Å². The van der Waals surface area contributed by atoms with Gasteiger partial charge >= 0.3 is 0 Å². The number of aromatic nitrogens is 2. The van der Waals surface area contributed by atoms with Gasteiger partial charge in [-0.2, -0.15) is 0 Å². The van der Waals surface area contributed by atoms with Gasteiger partial charge in [0.1, 0.15) is 18.2 Å². The van der Waals surface area contributed by atoms with Gasteiger partial charge in [0, 0.05) is 6.42 Å². The molecule has 0 bridgehead atoms. The first-order valence-corrected chi connectivity index (χ1v) is 9.54. The van der Waals surface area contributed by atoms with E-state index in [0.29, 0.717) is 11.6 Å². The zero-order valence-electron chi connectivity index (χ0n) is 15.0. The predicted octanol–water partition coefficient (Wildman–Crippen LogP) is 5.55. The molecule has 0 fully saturated rings. The Hall–Kier alpha value is -2.78. The highest BCUT2D eigenvalue weighted by molar-refractivity contribution is 6.32. The van der Waals surface area contributed by atoms with E-state index in [1.807, 2.05) is 36.4 Å². The smallest absolute Gasteiger partial charge is 0.137 e. The fourth-order valence-electron chi connectivity index (χ4n) is 3.28. The summed E-state index contributed by atoms with van der Waals surface area (Å²) in [5.74, 6) is 1.80. The standard InChI is InChI=1S/C23H21ClN2O/c24-19-10-4-7-13-22(19)27-17-16-26-21-12-6-5-11-20(21)25-23(26)15-14-18-8-2-1-3-9-18/h1-13H,14-17H2. The Balaban J connectivity index is 1.52. The van der Waals surface area contributed by atoms with Gasteiger partial charge in [-0.15, -0.1) is 0 Å². The van der Waals surface area contributed by atoms with Crippen molar-refractivity contribution in [2.75, 3.05) is 6.61 Å². The van der Waals surface area contributed by atoms with E-state index in [1.165, 1.54) is 5.56 Å². The number of aryl methyl sites for hydroxylation is 2. The van der Waals surface area contributed by atoms with Crippen LogP contribution >= 0.6 is 11.6 Å². The van der Waals surface area contributed by atoms with Crippen molar-refractivity contribution in [3.05, 3.63) is 95.3 Å². The lowest BCUT2D eigenvalue weighted by Gasteiger charge is -2.12. The highest BCUT2D eigenvalue weighted by Crippen LogP contribution is 2.23. The summed E-state index contributed by atoms with van der Waals surface area (Å²) in [5.41, 5.74) is 3.49. The maximum Gasteiger partial charge on any atom is 0.137 e. The molecule has 0 radical (unpaired) electrons. The summed E-state index contributed by atoms with van der Waals surface area (Å²) in [6.07, 6.45) is 1.86. The first-order chi connectivity index (χ1) is 13.3. The summed E-state index contributed by atoms with van der Waals surface area (Å²) >= 11 is 6.18. The van der Waals surface area contributed by atoms with Crippen LogP contribution in [0.15, 0.2) is 78.9 Å². The van der Waals surface area contributed by atoms with E-state index in [1.54, 1.807) is 0 Å². The first kappa shape index (κ1) is 17.6. The quantitative estimate of drug-likeness (QED) is 0.422. The number of nitrogens with zero attached hydrogens (tertiary/aromatic N) is 2. The molecule has 0 unspecified atom stereocenters. The summed E-state index contributed by atoms with van der Waals surface area (Å²) < 4.78 is 8.16. The van der Waals surface area contributed by atoms with Crippen LogP contribution < -0.4 is 4.74 Å². The van der Waals surface area contributed by atoms with Crippen LogP contribution in [0.2, 0.25) is 5.02 Å². The van der Waals surface area contributed by atoms with Gasteiger partial charge < -0.3 is 9.30 Å². The Morgan fingerprint density at radius 1 is 0.815 bits per heavy atom. The Morgan fingerprint density at radius 3 is 2.41 bits per heavy atom. The lowest BCUT2D eigenvalue weighted by atomic mass is 10.1. The van der Waals surface area contributed by atoms with Crippen molar-refractivity contribution >= 4 is 22.6 Å². The lowest BCUT2D eigenvalue weighted by molar-refractivity contribution is 0.298. The van der Waals surface area contributed by atoms with Gasteiger partial charge in [-0.25, -0.2) is 4.98 Å². The maximum atomic E-state index is 6.18. The van der Waals surface area contributed by atoms with Gasteiger partial charge in [0.15, 0.2) is 0 Å². The fraction of sp³-hybridized carbons (Fsp3) is 0.174. The van der Waals surface area contributed by atoms with Crippen LogP contribution in [0.4, 0.5) is 0 Å². The number of benzene rings is 3. The second-order valence-electron chi connectivity index (χ2n) is 6.43. The van der Waals surface area contributed by atoms with Crippen molar-refractivity contribution in [2.45, 2.75) is 19.4 Å². The molecule has 0 saturated heterocycles. The molecule has 0 aliphatic carbocycles. The van der Waals surface area contributed by atoms with Gasteiger partial charge in [0.05, 0.1) is 22.6 Å². The van der Waals surface area contributed by atoms with Crippen molar-refractivity contribution in [2.24, 2.45) is 0 Å². The predicted molar refractivity (Wildman–Crippen MR) is 111 cm³/mol. The number of fused-ring (bicyclic) bond motifs is 1. The minimum Gasteiger partial charge on any atom is -0.490 e. The van der Waals surface area contributed by atoms with E-state index in [2.05, 4.69) is 47.0 Å². The Kier molecular flexibility index (Phi) is 5.40. The maximum absolute atomic E-state index is 6.18. The van der Waals surface area contributed by atoms with Crippen LogP contribution in [0.3, 0.4) is 0 Å². The normalized spacial score (nSPS) is 11.0. The molecule has 4 aromatic rings. The molecule has 4 heteroatoms. The molecule has 0 saturated carbocycles. The highest BCUT2D eigenvalue weighted by Gasteiger charge is 2.11. The summed E-state index contributed by atoms with van der Waals surface area (Å²) in [7, 11) is 0. The molecule has 0 amide bonds. The van der Waals surface area contributed by atoms with Crippen LogP contribution in [0.5, 0.6) is 5.75 Å². The van der Waals surface area contributed by atoms with Crippen LogP contribution in [0.25, 0.3) is 11.0 Å². The van der Waals surface area contributed by atoms with E-state index < -0.39 is 0 Å². The third kappa shape index (κ3) is 4.15. The SMILES string of the molecule is Clc1ccccc1OCCn1c(CCc2ccccc2)nc2ccccc21. The van der Waals surface area contributed by atoms with Crippen molar-refractivity contribution in [3.63, 3.8) is 0 Å². The summed E-state index contributed by atoms with van der Waals surface area (Å²) in [6.45, 7) is 1.28. The van der Waals surface area contributed by atoms with Gasteiger partial charge in [-0.1, -0.05) is 66.2 Å². The first-order valence-electron chi connectivity index (χ1n) is 9.16. The largest absolute Gasteiger partial charge is 0.490 e. The second-order valence-corrected chi connectivity index (χ2v) is 6.84. The Labute approximate surface area is 164 Å². The minimum absolute atomic E-state index is 0.544. The molecule has 0 aliphatic heterocycles. The van der Waals surface area contributed by atoms with Crippen molar-refractivity contribution in [1.29, 1.82) is 0 Å². The fourth-order valence-corrected chi connectivity index (χ4v) is 3.47. The molecule has 4 rings (SSSR count). The molecule has 0 spiro atoms. The van der Waals surface area contributed by atoms with Gasteiger partial charge in [-0.05, 0) is 36.2 Å². The lowest BCUT2D eigenvalue weighted by Crippen LogP contribution is -2.12. The molecule has 1 aromatic heterocycles. The molecule has 27 heavy (non-hydrogen) atoms. The number of halogens is 1. The molecule has 3 nitrogen and oxygen atoms in total. The molecular formula is C23H21ClN2O. The third-order valence-electron chi connectivity index (χ3n) is 4.62. The molecule has 0 aliphatic rings. The number of imidazole rings is 1. The van der Waals surface area contributed by atoms with E-state index in [4.69, 9.17) is 21.3 Å². The monoisotopic (exact) mass is 376 g/mol. The van der Waals surface area contributed by atoms with Crippen LogP contribution in [-0.2, 0) is 19.4 Å². The molecule has 136 valence electrons. The summed E-state index contributed by atoms with van der Waals surface area (Å²) in [5, 5.41) is 0.636. The molecule has 0 N–H and O–H groups in total. The van der Waals surface area contributed by atoms with Crippen molar-refractivity contribution < 1.29 is 4.74 Å². The molecular weight excluding hydrogens is 356 g/mol. The summed E-state index contributed by atoms with van der Waals surface area (Å²) in [4.78, 5) is 4.85. The van der Waals surface area contributed by atoms with Gasteiger partial charge in [-0.3, -0.25) is 0 Å². The van der Waals surface area contributed by atoms with Crippen molar-refractivity contribution in [1.82, 2.24) is 9.55 Å². The molecule has 3 aromatic carbocycles. The Morgan fingerprint density at radius 2 is 1.56 bits per heavy atom. The number of para-hydroxylation sites is 3. The van der Waals surface area contributed by atoms with E-state index >= 15 is 0 Å². The third-order valence-corrected chi connectivity index (χ3v) is 4.94. The average molecular weight is 377 g/mol. The number of rotatable bonds is 7.